The van der Waals surface area contributed by atoms with Crippen molar-refractivity contribution in [2.24, 2.45) is 0 Å². The lowest BCUT2D eigenvalue weighted by Crippen LogP contribution is -1.91. The zero-order valence-corrected chi connectivity index (χ0v) is 7.76. The lowest BCUT2D eigenvalue weighted by molar-refractivity contribution is 1.09. The first-order valence-electron chi connectivity index (χ1n) is 3.79. The van der Waals surface area contributed by atoms with Crippen molar-refractivity contribution < 1.29 is 0 Å². The molecule has 2 aromatic rings. The largest absolute Gasteiger partial charge is 0.292 e. The maximum atomic E-state index is 6.00. The molecule has 3 heteroatoms. The van der Waals surface area contributed by atoms with Crippen LogP contribution in [0.1, 0.15) is 11.3 Å². The monoisotopic (exact) mass is 180 g/mol. The van der Waals surface area contributed by atoms with Gasteiger partial charge in [0.2, 0.25) is 0 Å². The van der Waals surface area contributed by atoms with Crippen LogP contribution >= 0.6 is 11.6 Å². The van der Waals surface area contributed by atoms with Crippen molar-refractivity contribution in [1.82, 2.24) is 9.38 Å². The van der Waals surface area contributed by atoms with Crippen LogP contribution in [0.2, 0.25) is 5.15 Å². The van der Waals surface area contributed by atoms with E-state index in [0.29, 0.717) is 5.15 Å². The predicted octanol–water partition coefficient (Wildman–Crippen LogP) is 2.60. The number of rotatable bonds is 0. The fourth-order valence-corrected chi connectivity index (χ4v) is 1.57. The minimum atomic E-state index is 0.714. The van der Waals surface area contributed by atoms with Gasteiger partial charge in [-0.3, -0.25) is 4.40 Å². The van der Waals surface area contributed by atoms with Gasteiger partial charge in [-0.05, 0) is 31.5 Å². The number of nitrogens with zero attached hydrogens (tertiary/aromatic N) is 2. The molecule has 0 saturated heterocycles. The topological polar surface area (TPSA) is 17.3 Å². The van der Waals surface area contributed by atoms with Gasteiger partial charge >= 0.3 is 0 Å². The molecule has 2 heterocycles. The van der Waals surface area contributed by atoms with Crippen LogP contribution in [0.4, 0.5) is 0 Å². The molecule has 2 aromatic heterocycles. The normalized spacial score (nSPS) is 10.9. The summed E-state index contributed by atoms with van der Waals surface area (Å²) in [4.78, 5) is 4.37. The summed E-state index contributed by atoms with van der Waals surface area (Å²) in [6.07, 6.45) is 1.93. The van der Waals surface area contributed by atoms with Crippen LogP contribution in [0.15, 0.2) is 18.3 Å². The summed E-state index contributed by atoms with van der Waals surface area (Å²) >= 11 is 6.00. The van der Waals surface area contributed by atoms with Crippen molar-refractivity contribution in [3.05, 3.63) is 34.7 Å². The average molecular weight is 181 g/mol. The molecule has 0 radical (unpaired) electrons. The number of hydrogen-bond acceptors (Lipinski definition) is 1. The zero-order chi connectivity index (χ0) is 8.72. The van der Waals surface area contributed by atoms with Gasteiger partial charge in [0.15, 0.2) is 0 Å². The van der Waals surface area contributed by atoms with Gasteiger partial charge in [-0.25, -0.2) is 4.98 Å². The minimum absolute atomic E-state index is 0.714. The maximum absolute atomic E-state index is 6.00. The van der Waals surface area contributed by atoms with Gasteiger partial charge < -0.3 is 0 Å². The molecule has 0 amide bonds. The summed E-state index contributed by atoms with van der Waals surface area (Å²) in [6.45, 7) is 3.97. The molecule has 0 fully saturated rings. The number of hydrogen-bond donors (Lipinski definition) is 0. The summed E-state index contributed by atoms with van der Waals surface area (Å²) in [5.41, 5.74) is 3.05. The van der Waals surface area contributed by atoms with E-state index >= 15 is 0 Å². The molecular formula is C9H9ClN2. The van der Waals surface area contributed by atoms with E-state index in [-0.39, 0.29) is 0 Å². The quantitative estimate of drug-likeness (QED) is 0.570. The summed E-state index contributed by atoms with van der Waals surface area (Å²) in [5.74, 6) is 0. The van der Waals surface area contributed by atoms with Gasteiger partial charge in [0.25, 0.3) is 0 Å². The van der Waals surface area contributed by atoms with Crippen LogP contribution in [0, 0.1) is 13.8 Å². The summed E-state index contributed by atoms with van der Waals surface area (Å²) in [5, 5.41) is 0.714. The summed E-state index contributed by atoms with van der Waals surface area (Å²) < 4.78 is 1.88. The third kappa shape index (κ3) is 0.994. The Morgan fingerprint density at radius 3 is 2.92 bits per heavy atom. The molecule has 2 nitrogen and oxygen atoms in total. The molecule has 0 aliphatic heterocycles. The Hall–Kier alpha value is -1.02. The van der Waals surface area contributed by atoms with Crippen LogP contribution in [-0.2, 0) is 0 Å². The Morgan fingerprint density at radius 2 is 2.17 bits per heavy atom. The minimum Gasteiger partial charge on any atom is -0.292 e. The number of aromatic nitrogens is 2. The molecular weight excluding hydrogens is 172 g/mol. The standard InChI is InChI=1S/C9H9ClN2/c1-6-3-4-12-8(10)5-7(2)11-9(6)12/h3-5H,1-2H3. The Kier molecular flexibility index (Phi) is 1.58. The molecule has 0 saturated carbocycles. The second-order valence-electron chi connectivity index (χ2n) is 2.91. The molecule has 0 atom stereocenters. The van der Waals surface area contributed by atoms with Crippen molar-refractivity contribution in [3.63, 3.8) is 0 Å². The highest BCUT2D eigenvalue weighted by molar-refractivity contribution is 6.29. The van der Waals surface area contributed by atoms with Crippen molar-refractivity contribution in [1.29, 1.82) is 0 Å². The fraction of sp³-hybridized carbons (Fsp3) is 0.222. The summed E-state index contributed by atoms with van der Waals surface area (Å²) in [7, 11) is 0. The second kappa shape index (κ2) is 2.49. The third-order valence-corrected chi connectivity index (χ3v) is 2.19. The maximum Gasteiger partial charge on any atom is 0.141 e. The molecule has 0 aliphatic carbocycles. The van der Waals surface area contributed by atoms with Gasteiger partial charge in [0, 0.05) is 11.9 Å². The number of fused-ring (bicyclic) bond motifs is 1. The van der Waals surface area contributed by atoms with Gasteiger partial charge in [0.05, 0.1) is 0 Å². The number of halogens is 1. The molecule has 2 rings (SSSR count). The van der Waals surface area contributed by atoms with Crippen LogP contribution < -0.4 is 0 Å². The van der Waals surface area contributed by atoms with Crippen LogP contribution in [0.25, 0.3) is 5.65 Å². The highest BCUT2D eigenvalue weighted by Crippen LogP contribution is 2.16. The summed E-state index contributed by atoms with van der Waals surface area (Å²) in [6, 6.07) is 3.86. The fourth-order valence-electron chi connectivity index (χ4n) is 1.28. The van der Waals surface area contributed by atoms with Crippen molar-refractivity contribution in [2.75, 3.05) is 0 Å². The highest BCUT2D eigenvalue weighted by atomic mass is 35.5. The lowest BCUT2D eigenvalue weighted by atomic mass is 10.3. The Morgan fingerprint density at radius 1 is 1.42 bits per heavy atom. The van der Waals surface area contributed by atoms with E-state index in [1.54, 1.807) is 0 Å². The molecule has 0 spiro atoms. The molecule has 62 valence electrons. The van der Waals surface area contributed by atoms with Gasteiger partial charge in [0.1, 0.15) is 10.8 Å². The molecule has 0 aliphatic rings. The molecule has 0 bridgehead atoms. The van der Waals surface area contributed by atoms with Gasteiger partial charge in [-0.15, -0.1) is 0 Å². The number of aryl methyl sites for hydroxylation is 2. The Bertz CT molecular complexity index is 431. The predicted molar refractivity (Wildman–Crippen MR) is 49.7 cm³/mol. The van der Waals surface area contributed by atoms with Crippen molar-refractivity contribution in [3.8, 4) is 0 Å². The van der Waals surface area contributed by atoms with Crippen molar-refractivity contribution >= 4 is 17.2 Å². The van der Waals surface area contributed by atoms with E-state index in [1.165, 1.54) is 0 Å². The molecule has 0 N–H and O–H groups in total. The lowest BCUT2D eigenvalue weighted by Gasteiger charge is -1.99. The van der Waals surface area contributed by atoms with Crippen LogP contribution in [0.5, 0.6) is 0 Å². The van der Waals surface area contributed by atoms with Gasteiger partial charge in [-0.2, -0.15) is 0 Å². The first kappa shape index (κ1) is 7.62. The smallest absolute Gasteiger partial charge is 0.141 e. The Balaban J connectivity index is 2.92. The van der Waals surface area contributed by atoms with Crippen LogP contribution in [-0.4, -0.2) is 9.38 Å². The highest BCUT2D eigenvalue weighted by Gasteiger charge is 2.02. The second-order valence-corrected chi connectivity index (χ2v) is 3.30. The molecule has 0 aromatic carbocycles. The van der Waals surface area contributed by atoms with E-state index in [1.807, 2.05) is 36.6 Å². The van der Waals surface area contributed by atoms with E-state index < -0.39 is 0 Å². The Labute approximate surface area is 75.8 Å². The third-order valence-electron chi connectivity index (χ3n) is 1.89. The van der Waals surface area contributed by atoms with E-state index in [9.17, 15) is 0 Å². The molecule has 0 unspecified atom stereocenters. The first-order valence-corrected chi connectivity index (χ1v) is 4.17. The van der Waals surface area contributed by atoms with E-state index in [0.717, 1.165) is 16.9 Å². The SMILES string of the molecule is Cc1cc(Cl)n2ccc(C)c2n1. The van der Waals surface area contributed by atoms with E-state index in [2.05, 4.69) is 4.98 Å². The first-order chi connectivity index (χ1) is 5.68. The van der Waals surface area contributed by atoms with Crippen molar-refractivity contribution in [2.45, 2.75) is 13.8 Å². The zero-order valence-electron chi connectivity index (χ0n) is 7.00. The van der Waals surface area contributed by atoms with Gasteiger partial charge in [-0.1, -0.05) is 11.6 Å². The average Bonchev–Trinajstić information content (AvgIpc) is 2.33. The van der Waals surface area contributed by atoms with Crippen LogP contribution in [0.3, 0.4) is 0 Å². The molecule has 12 heavy (non-hydrogen) atoms. The van der Waals surface area contributed by atoms with E-state index in [4.69, 9.17) is 11.6 Å².